The van der Waals surface area contributed by atoms with Gasteiger partial charge in [-0.05, 0) is 18.0 Å². The van der Waals surface area contributed by atoms with E-state index in [1.54, 1.807) is 10.9 Å². The van der Waals surface area contributed by atoms with Crippen LogP contribution in [0.2, 0.25) is 5.28 Å². The number of ether oxygens (including phenoxy) is 1. The maximum absolute atomic E-state index is 10.2. The summed E-state index contributed by atoms with van der Waals surface area (Å²) in [5.41, 5.74) is 6.71. The number of thiol groups is 1. The molecule has 0 saturated carbocycles. The Labute approximate surface area is 131 Å². The van der Waals surface area contributed by atoms with Gasteiger partial charge in [-0.25, -0.2) is 4.98 Å². The van der Waals surface area contributed by atoms with Gasteiger partial charge in [0.2, 0.25) is 5.28 Å². The summed E-state index contributed by atoms with van der Waals surface area (Å²) in [4.78, 5) is 12.2. The number of halogens is 1. The molecular weight excluding hydrogens is 314 g/mol. The average Bonchev–Trinajstić information content (AvgIpc) is 2.96. The Kier molecular flexibility index (Phi) is 3.96. The molecule has 1 fully saturated rings. The second-order valence-corrected chi connectivity index (χ2v) is 5.97. The maximum Gasteiger partial charge on any atom is 0.226 e. The van der Waals surface area contributed by atoms with Crippen LogP contribution in [0.25, 0.3) is 11.2 Å². The monoisotopic (exact) mass is 329 g/mol. The van der Waals surface area contributed by atoms with Crippen LogP contribution in [0.1, 0.15) is 26.0 Å². The molecule has 1 saturated heterocycles. The van der Waals surface area contributed by atoms with Gasteiger partial charge in [-0.3, -0.25) is 4.57 Å². The minimum absolute atomic E-state index is 0.0427. The third-order valence-corrected chi connectivity index (χ3v) is 4.34. The Morgan fingerprint density at radius 2 is 2.29 bits per heavy atom. The van der Waals surface area contributed by atoms with Crippen LogP contribution in [0.5, 0.6) is 0 Å². The molecule has 114 valence electrons. The van der Waals surface area contributed by atoms with Gasteiger partial charge in [0.05, 0.1) is 23.8 Å². The van der Waals surface area contributed by atoms with E-state index >= 15 is 0 Å². The number of anilines is 1. The van der Waals surface area contributed by atoms with Gasteiger partial charge in [0.25, 0.3) is 0 Å². The van der Waals surface area contributed by atoms with Crippen LogP contribution in [0.3, 0.4) is 0 Å². The first-order chi connectivity index (χ1) is 10.0. The van der Waals surface area contributed by atoms with Crippen molar-refractivity contribution < 1.29 is 9.84 Å². The molecule has 3 heterocycles. The van der Waals surface area contributed by atoms with Crippen molar-refractivity contribution in [2.75, 3.05) is 5.73 Å². The number of aliphatic hydroxyl groups is 1. The highest BCUT2D eigenvalue weighted by Gasteiger charge is 2.42. The highest BCUT2D eigenvalue weighted by Crippen LogP contribution is 2.36. The van der Waals surface area contributed by atoms with Gasteiger partial charge >= 0.3 is 0 Å². The lowest BCUT2D eigenvalue weighted by atomic mass is 10.1. The molecule has 2 aromatic rings. The van der Waals surface area contributed by atoms with Crippen molar-refractivity contribution in [2.45, 2.75) is 43.5 Å². The normalized spacial score (nSPS) is 29.3. The summed E-state index contributed by atoms with van der Waals surface area (Å²) in [7, 11) is 0. The second kappa shape index (κ2) is 5.60. The van der Waals surface area contributed by atoms with Gasteiger partial charge in [0.1, 0.15) is 5.52 Å². The molecule has 9 heteroatoms. The number of hydrogen-bond donors (Lipinski definition) is 3. The summed E-state index contributed by atoms with van der Waals surface area (Å²) < 4.78 is 7.60. The molecular formula is C12H16ClN5O2S. The molecule has 7 nitrogen and oxygen atoms in total. The number of hydrogen-bond acceptors (Lipinski definition) is 7. The lowest BCUT2D eigenvalue weighted by Crippen LogP contribution is -2.27. The summed E-state index contributed by atoms with van der Waals surface area (Å²) in [5.74, 6) is 0.211. The minimum atomic E-state index is -0.648. The Bertz CT molecular complexity index is 666. The molecule has 3 rings (SSSR count). The first-order valence-corrected chi connectivity index (χ1v) is 7.59. The van der Waals surface area contributed by atoms with Crippen molar-refractivity contribution in [3.63, 3.8) is 0 Å². The van der Waals surface area contributed by atoms with Gasteiger partial charge in [-0.1, -0.05) is 13.3 Å². The molecule has 2 aromatic heterocycles. The molecule has 3 N–H and O–H groups in total. The summed E-state index contributed by atoms with van der Waals surface area (Å²) in [6.07, 6.45) is 1.86. The van der Waals surface area contributed by atoms with Gasteiger partial charge in [0, 0.05) is 0 Å². The largest absolute Gasteiger partial charge is 0.389 e. The number of rotatable bonds is 3. The number of imidazole rings is 1. The van der Waals surface area contributed by atoms with E-state index in [1.807, 2.05) is 6.92 Å². The summed E-state index contributed by atoms with van der Waals surface area (Å²) in [5, 5.41) is 9.88. The van der Waals surface area contributed by atoms with E-state index in [0.29, 0.717) is 11.2 Å². The summed E-state index contributed by atoms with van der Waals surface area (Å²) >= 11 is 10.3. The average molecular weight is 330 g/mol. The van der Waals surface area contributed by atoms with Gasteiger partial charge < -0.3 is 15.6 Å². The molecule has 0 radical (unpaired) electrons. The molecule has 21 heavy (non-hydrogen) atoms. The van der Waals surface area contributed by atoms with E-state index in [2.05, 4.69) is 27.6 Å². The lowest BCUT2D eigenvalue weighted by molar-refractivity contribution is -0.0207. The highest BCUT2D eigenvalue weighted by molar-refractivity contribution is 7.81. The van der Waals surface area contributed by atoms with Crippen LogP contribution in [-0.2, 0) is 4.74 Å². The summed E-state index contributed by atoms with van der Waals surface area (Å²) in [6.45, 7) is 2.04. The molecule has 1 aliphatic rings. The predicted molar refractivity (Wildman–Crippen MR) is 82.3 cm³/mol. The molecule has 0 amide bonds. The zero-order chi connectivity index (χ0) is 15.1. The van der Waals surface area contributed by atoms with Gasteiger partial charge in [0.15, 0.2) is 17.7 Å². The molecule has 4 atom stereocenters. The molecule has 1 aliphatic heterocycles. The first-order valence-electron chi connectivity index (χ1n) is 6.70. The lowest BCUT2D eigenvalue weighted by Gasteiger charge is -2.16. The van der Waals surface area contributed by atoms with Crippen LogP contribution in [-0.4, -0.2) is 42.1 Å². The number of aromatic nitrogens is 4. The standard InChI is InChI=1S/C12H16ClN5O2S/c1-2-3-5-7(19)8(21)11(20-5)18-4-15-6-9(14)16-12(13)17-10(6)18/h4-5,7-8,11,19,21H,2-3H2,1H3,(H2,14,16,17)/t5-,7-,8-,11-/m1/s1. The molecule has 0 bridgehead atoms. The fourth-order valence-corrected chi connectivity index (χ4v) is 3.16. The maximum atomic E-state index is 10.2. The molecule has 0 aliphatic carbocycles. The third-order valence-electron chi connectivity index (χ3n) is 3.61. The van der Waals surface area contributed by atoms with E-state index in [4.69, 9.17) is 22.1 Å². The Morgan fingerprint density at radius 1 is 1.52 bits per heavy atom. The molecule has 0 aromatic carbocycles. The number of nitrogen functional groups attached to an aromatic ring is 1. The van der Waals surface area contributed by atoms with Crippen molar-refractivity contribution in [3.8, 4) is 0 Å². The number of nitrogens with zero attached hydrogens (tertiary/aromatic N) is 4. The van der Waals surface area contributed by atoms with Crippen molar-refractivity contribution >= 4 is 41.2 Å². The summed E-state index contributed by atoms with van der Waals surface area (Å²) in [6, 6.07) is 0. The quantitative estimate of drug-likeness (QED) is 0.582. The van der Waals surface area contributed by atoms with Crippen molar-refractivity contribution in [1.82, 2.24) is 19.5 Å². The first kappa shape index (κ1) is 14.8. The minimum Gasteiger partial charge on any atom is -0.389 e. The predicted octanol–water partition coefficient (Wildman–Crippen LogP) is 1.42. The SMILES string of the molecule is CCC[C@H]1O[C@@H](n2cnc3c(N)nc(Cl)nc32)[C@H](S)[C@@H]1O. The number of fused-ring (bicyclic) bond motifs is 1. The van der Waals surface area contributed by atoms with E-state index in [1.165, 1.54) is 0 Å². The zero-order valence-corrected chi connectivity index (χ0v) is 13.0. The van der Waals surface area contributed by atoms with Gasteiger partial charge in [-0.15, -0.1) is 0 Å². The van der Waals surface area contributed by atoms with Crippen LogP contribution in [0, 0.1) is 0 Å². The Morgan fingerprint density at radius 3 is 3.00 bits per heavy atom. The number of nitrogens with two attached hydrogens (primary N) is 1. The van der Waals surface area contributed by atoms with Crippen LogP contribution >= 0.6 is 24.2 Å². The van der Waals surface area contributed by atoms with Crippen LogP contribution < -0.4 is 5.73 Å². The van der Waals surface area contributed by atoms with E-state index in [-0.39, 0.29) is 22.5 Å². The van der Waals surface area contributed by atoms with Crippen LogP contribution in [0.15, 0.2) is 6.33 Å². The Hall–Kier alpha value is -1.09. The highest BCUT2D eigenvalue weighted by atomic mass is 35.5. The van der Waals surface area contributed by atoms with Crippen LogP contribution in [0.4, 0.5) is 5.82 Å². The fraction of sp³-hybridized carbons (Fsp3) is 0.583. The molecule has 0 spiro atoms. The van der Waals surface area contributed by atoms with E-state index in [0.717, 1.165) is 12.8 Å². The second-order valence-electron chi connectivity index (χ2n) is 5.04. The smallest absolute Gasteiger partial charge is 0.226 e. The van der Waals surface area contributed by atoms with Crippen molar-refractivity contribution in [2.24, 2.45) is 0 Å². The van der Waals surface area contributed by atoms with Crippen molar-refractivity contribution in [3.05, 3.63) is 11.6 Å². The van der Waals surface area contributed by atoms with E-state index < -0.39 is 12.3 Å². The molecule has 0 unspecified atom stereocenters. The fourth-order valence-electron chi connectivity index (χ4n) is 2.58. The number of aliphatic hydroxyl groups excluding tert-OH is 1. The Balaban J connectivity index is 2.01. The van der Waals surface area contributed by atoms with Crippen molar-refractivity contribution in [1.29, 1.82) is 0 Å². The van der Waals surface area contributed by atoms with E-state index in [9.17, 15) is 5.11 Å². The zero-order valence-electron chi connectivity index (χ0n) is 11.3. The van der Waals surface area contributed by atoms with Gasteiger partial charge in [-0.2, -0.15) is 22.6 Å². The third kappa shape index (κ3) is 2.46. The topological polar surface area (TPSA) is 99.1 Å².